The smallest absolute Gasteiger partial charge is 0.341 e. The van der Waals surface area contributed by atoms with Crippen LogP contribution in [0.15, 0.2) is 42.0 Å². The number of ether oxygens (including phenoxy) is 5. The van der Waals surface area contributed by atoms with Crippen molar-refractivity contribution in [2.24, 2.45) is 34.5 Å². The Balaban J connectivity index is 1.08. The first-order valence-corrected chi connectivity index (χ1v) is 16.9. The highest BCUT2D eigenvalue weighted by Crippen LogP contribution is 2.70. The standard InChI is InChI=1S/C36H44O9/c1-20-15-29(37)36(45-31(39)21-7-5-4-6-8-21)32(42-20)43-27-17-23-9-10-26-25(33(23,2)18-28(27)44-36)11-13-34(3)24(12-14-35(26,34)40)22-16-30(38)41-19-22/h4-8,16,20,23-28,32,40H,9-15,17-19H2,1-3H3/t20-,23+,24-,25+,26-,27-,28-,32+,33+,34-,35+,36-/m1/s1. The van der Waals surface area contributed by atoms with Crippen molar-refractivity contribution < 1.29 is 43.2 Å². The Morgan fingerprint density at radius 1 is 0.978 bits per heavy atom. The molecule has 0 bridgehead atoms. The van der Waals surface area contributed by atoms with E-state index in [0.717, 1.165) is 50.5 Å². The van der Waals surface area contributed by atoms with E-state index in [1.807, 2.05) is 13.0 Å². The molecule has 6 fully saturated rings. The molecular weight excluding hydrogens is 576 g/mol. The third kappa shape index (κ3) is 4.22. The fourth-order valence-electron chi connectivity index (χ4n) is 11.1. The zero-order chi connectivity index (χ0) is 31.4. The molecule has 1 N–H and O–H groups in total. The van der Waals surface area contributed by atoms with Crippen LogP contribution in [0.2, 0.25) is 0 Å². The lowest BCUT2D eigenvalue weighted by Gasteiger charge is -2.65. The van der Waals surface area contributed by atoms with Crippen molar-refractivity contribution in [3.05, 3.63) is 47.5 Å². The van der Waals surface area contributed by atoms with Crippen LogP contribution in [0, 0.1) is 34.5 Å². The van der Waals surface area contributed by atoms with Crippen molar-refractivity contribution in [2.75, 3.05) is 6.61 Å². The fourth-order valence-corrected chi connectivity index (χ4v) is 11.1. The van der Waals surface area contributed by atoms with Crippen LogP contribution in [-0.4, -0.2) is 65.4 Å². The molecule has 2 saturated heterocycles. The van der Waals surface area contributed by atoms with Gasteiger partial charge in [0.25, 0.3) is 0 Å². The number of esters is 2. The maximum atomic E-state index is 13.7. The van der Waals surface area contributed by atoms with Crippen LogP contribution in [0.4, 0.5) is 0 Å². The number of Topliss-reactive ketones (excluding diaryl/α,β-unsaturated/α-hetero) is 1. The summed E-state index contributed by atoms with van der Waals surface area (Å²) >= 11 is 0. The zero-order valence-corrected chi connectivity index (χ0v) is 26.4. The van der Waals surface area contributed by atoms with Crippen LogP contribution in [0.1, 0.15) is 88.9 Å². The SMILES string of the molecule is C[C@@H]1CC(=O)[C@]2(OC(=O)c3ccccc3)O[C@@H]3C[C@@]4(C)[C@@H](CC[C@@H]5[C@@H]4CC[C@]4(C)[C@@H](C6=CC(=O)OC6)CC[C@]54O)C[C@H]3O[C@@H]2O1. The van der Waals surface area contributed by atoms with Crippen LogP contribution in [-0.2, 0) is 33.3 Å². The summed E-state index contributed by atoms with van der Waals surface area (Å²) in [5.74, 6) is -2.33. The number of rotatable bonds is 3. The Kier molecular flexibility index (Phi) is 6.75. The van der Waals surface area contributed by atoms with Crippen molar-refractivity contribution in [3.63, 3.8) is 0 Å². The Bertz CT molecular complexity index is 1440. The molecule has 0 aromatic heterocycles. The molecule has 242 valence electrons. The topological polar surface area (TPSA) is 118 Å². The minimum absolute atomic E-state index is 0.0593. The van der Waals surface area contributed by atoms with Gasteiger partial charge in [-0.15, -0.1) is 0 Å². The van der Waals surface area contributed by atoms with Crippen LogP contribution in [0.5, 0.6) is 0 Å². The van der Waals surface area contributed by atoms with Gasteiger partial charge in [-0.25, -0.2) is 9.59 Å². The number of hydrogen-bond donors (Lipinski definition) is 1. The van der Waals surface area contributed by atoms with E-state index in [1.54, 1.807) is 30.3 Å². The molecule has 9 heteroatoms. The van der Waals surface area contributed by atoms with Crippen molar-refractivity contribution in [1.29, 1.82) is 0 Å². The van der Waals surface area contributed by atoms with Crippen molar-refractivity contribution >= 4 is 17.7 Å². The minimum Gasteiger partial charge on any atom is -0.458 e. The number of ketones is 1. The minimum atomic E-state index is -1.96. The molecule has 0 radical (unpaired) electrons. The molecule has 9 nitrogen and oxygen atoms in total. The van der Waals surface area contributed by atoms with E-state index in [0.29, 0.717) is 24.5 Å². The van der Waals surface area contributed by atoms with Crippen LogP contribution >= 0.6 is 0 Å². The zero-order valence-electron chi connectivity index (χ0n) is 26.4. The molecule has 12 atom stereocenters. The molecule has 0 unspecified atom stereocenters. The Morgan fingerprint density at radius 2 is 1.78 bits per heavy atom. The van der Waals surface area contributed by atoms with Gasteiger partial charge in [-0.2, -0.15) is 0 Å². The van der Waals surface area contributed by atoms with E-state index in [9.17, 15) is 19.5 Å². The summed E-state index contributed by atoms with van der Waals surface area (Å²) in [6.45, 7) is 6.73. The fraction of sp³-hybridized carbons (Fsp3) is 0.694. The summed E-state index contributed by atoms with van der Waals surface area (Å²) in [6, 6.07) is 8.60. The first-order valence-electron chi connectivity index (χ1n) is 16.9. The van der Waals surface area contributed by atoms with Crippen molar-refractivity contribution in [3.8, 4) is 0 Å². The van der Waals surface area contributed by atoms with E-state index in [4.69, 9.17) is 23.7 Å². The first kappa shape index (κ1) is 29.8. The summed E-state index contributed by atoms with van der Waals surface area (Å²) in [5.41, 5.74) is 0.0553. The summed E-state index contributed by atoms with van der Waals surface area (Å²) in [6.07, 6.45) is 6.22. The number of carbonyl (C=O) groups excluding carboxylic acids is 3. The number of carbonyl (C=O) groups is 3. The third-order valence-corrected chi connectivity index (χ3v) is 13.4. The normalized spacial score (nSPS) is 48.6. The monoisotopic (exact) mass is 620 g/mol. The summed E-state index contributed by atoms with van der Waals surface area (Å²) in [4.78, 5) is 39.0. The van der Waals surface area contributed by atoms with E-state index in [2.05, 4.69) is 13.8 Å². The number of benzene rings is 1. The quantitative estimate of drug-likeness (QED) is 0.372. The number of fused-ring (bicyclic) bond motifs is 7. The maximum Gasteiger partial charge on any atom is 0.341 e. The summed E-state index contributed by atoms with van der Waals surface area (Å²) in [5, 5.41) is 12.6. The molecule has 1 aromatic rings. The van der Waals surface area contributed by atoms with Gasteiger partial charge in [0.1, 0.15) is 6.61 Å². The molecule has 0 spiro atoms. The van der Waals surface area contributed by atoms with Gasteiger partial charge in [-0.1, -0.05) is 32.0 Å². The molecule has 45 heavy (non-hydrogen) atoms. The number of cyclic esters (lactones) is 1. The van der Waals surface area contributed by atoms with Gasteiger partial charge >= 0.3 is 17.7 Å². The second-order valence-corrected chi connectivity index (χ2v) is 15.4. The average Bonchev–Trinajstić information content (AvgIpc) is 3.55. The maximum absolute atomic E-state index is 13.7. The summed E-state index contributed by atoms with van der Waals surface area (Å²) in [7, 11) is 0. The summed E-state index contributed by atoms with van der Waals surface area (Å²) < 4.78 is 30.6. The predicted molar refractivity (Wildman–Crippen MR) is 159 cm³/mol. The van der Waals surface area contributed by atoms with Crippen LogP contribution < -0.4 is 0 Å². The predicted octanol–water partition coefficient (Wildman–Crippen LogP) is 4.89. The molecule has 4 saturated carbocycles. The van der Waals surface area contributed by atoms with E-state index in [-0.39, 0.29) is 59.0 Å². The lowest BCUT2D eigenvalue weighted by molar-refractivity contribution is -0.411. The second-order valence-electron chi connectivity index (χ2n) is 15.4. The number of aliphatic hydroxyl groups is 1. The third-order valence-electron chi connectivity index (χ3n) is 13.4. The van der Waals surface area contributed by atoms with E-state index >= 15 is 0 Å². The van der Waals surface area contributed by atoms with Crippen molar-refractivity contribution in [1.82, 2.24) is 0 Å². The van der Waals surface area contributed by atoms with Crippen LogP contribution in [0.25, 0.3) is 0 Å². The van der Waals surface area contributed by atoms with Gasteiger partial charge in [0.2, 0.25) is 12.1 Å². The second kappa shape index (κ2) is 10.2. The Morgan fingerprint density at radius 3 is 2.53 bits per heavy atom. The molecule has 8 rings (SSSR count). The molecule has 4 aliphatic carbocycles. The molecule has 7 aliphatic rings. The molecular formula is C36H44O9. The lowest BCUT2D eigenvalue weighted by atomic mass is 9.43. The Labute approximate surface area is 263 Å². The van der Waals surface area contributed by atoms with Gasteiger partial charge in [0.05, 0.1) is 29.5 Å². The van der Waals surface area contributed by atoms with E-state index < -0.39 is 29.8 Å². The van der Waals surface area contributed by atoms with E-state index in [1.165, 1.54) is 0 Å². The van der Waals surface area contributed by atoms with Gasteiger partial charge in [-0.3, -0.25) is 4.79 Å². The van der Waals surface area contributed by atoms with Gasteiger partial charge in [0.15, 0.2) is 0 Å². The highest BCUT2D eigenvalue weighted by molar-refractivity contribution is 5.95. The van der Waals surface area contributed by atoms with Gasteiger partial charge < -0.3 is 28.8 Å². The van der Waals surface area contributed by atoms with Crippen LogP contribution in [0.3, 0.4) is 0 Å². The molecule has 0 amide bonds. The number of hydrogen-bond acceptors (Lipinski definition) is 9. The van der Waals surface area contributed by atoms with Gasteiger partial charge in [0, 0.05) is 17.9 Å². The largest absolute Gasteiger partial charge is 0.458 e. The molecule has 3 aliphatic heterocycles. The highest BCUT2D eigenvalue weighted by Gasteiger charge is 2.70. The average molecular weight is 621 g/mol. The molecule has 3 heterocycles. The highest BCUT2D eigenvalue weighted by atomic mass is 16.8. The van der Waals surface area contributed by atoms with Gasteiger partial charge in [-0.05, 0) is 105 Å². The first-order chi connectivity index (χ1) is 21.5. The van der Waals surface area contributed by atoms with Crippen molar-refractivity contribution in [2.45, 2.75) is 115 Å². The Hall–Kier alpha value is -2.59. The molecule has 1 aromatic carbocycles. The lowest BCUT2D eigenvalue weighted by Crippen LogP contribution is -2.70.